The topological polar surface area (TPSA) is 79.0 Å². The Morgan fingerprint density at radius 2 is 1.92 bits per heavy atom. The third kappa shape index (κ3) is 2.81. The van der Waals surface area contributed by atoms with Crippen molar-refractivity contribution >= 4 is 17.8 Å². The van der Waals surface area contributed by atoms with Crippen LogP contribution in [0.4, 0.5) is 4.79 Å². The van der Waals surface area contributed by atoms with E-state index in [2.05, 4.69) is 5.32 Å². The summed E-state index contributed by atoms with van der Waals surface area (Å²) < 4.78 is 5.59. The zero-order valence-electron chi connectivity index (χ0n) is 13.9. The third-order valence-corrected chi connectivity index (χ3v) is 4.78. The Labute approximate surface area is 140 Å². The highest BCUT2D eigenvalue weighted by molar-refractivity contribution is 6.06. The number of hydrogen-bond acceptors (Lipinski definition) is 4. The van der Waals surface area contributed by atoms with Gasteiger partial charge in [-0.2, -0.15) is 0 Å². The summed E-state index contributed by atoms with van der Waals surface area (Å²) in [4.78, 5) is 39.0. The number of hydrogen-bond donors (Lipinski definition) is 1. The van der Waals surface area contributed by atoms with E-state index in [-0.39, 0.29) is 24.5 Å². The van der Waals surface area contributed by atoms with Crippen molar-refractivity contribution in [3.63, 3.8) is 0 Å². The fraction of sp³-hybridized carbons (Fsp3) is 0.471. The van der Waals surface area contributed by atoms with E-state index in [1.165, 1.54) is 7.05 Å². The van der Waals surface area contributed by atoms with E-state index in [0.717, 1.165) is 10.5 Å². The second-order valence-electron chi connectivity index (χ2n) is 6.31. The van der Waals surface area contributed by atoms with Crippen LogP contribution in [0.25, 0.3) is 0 Å². The van der Waals surface area contributed by atoms with E-state index in [9.17, 15) is 14.4 Å². The lowest BCUT2D eigenvalue weighted by molar-refractivity contribution is -0.139. The monoisotopic (exact) mass is 331 g/mol. The number of imide groups is 1. The second-order valence-corrected chi connectivity index (χ2v) is 6.31. The molecule has 0 aromatic heterocycles. The maximum atomic E-state index is 12.3. The molecule has 2 aliphatic heterocycles. The van der Waals surface area contributed by atoms with Crippen LogP contribution >= 0.6 is 0 Å². The lowest BCUT2D eigenvalue weighted by Gasteiger charge is -2.37. The number of rotatable bonds is 3. The predicted octanol–water partition coefficient (Wildman–Crippen LogP) is 0.917. The van der Waals surface area contributed by atoms with Gasteiger partial charge in [0.15, 0.2) is 6.61 Å². The maximum absolute atomic E-state index is 12.3. The zero-order chi connectivity index (χ0) is 17.3. The molecule has 7 nitrogen and oxygen atoms in total. The normalized spacial score (nSPS) is 19.6. The second kappa shape index (κ2) is 6.14. The highest BCUT2D eigenvalue weighted by Crippen LogP contribution is 2.28. The summed E-state index contributed by atoms with van der Waals surface area (Å²) in [5.41, 5.74) is 0.129. The number of ether oxygens (including phenoxy) is 1. The van der Waals surface area contributed by atoms with Gasteiger partial charge in [0.05, 0.1) is 0 Å². The molecule has 0 bridgehead atoms. The summed E-state index contributed by atoms with van der Waals surface area (Å²) in [6.07, 6.45) is 0.857. The van der Waals surface area contributed by atoms with Gasteiger partial charge in [-0.25, -0.2) is 4.79 Å². The van der Waals surface area contributed by atoms with Gasteiger partial charge < -0.3 is 15.0 Å². The van der Waals surface area contributed by atoms with Gasteiger partial charge in [0.25, 0.3) is 11.8 Å². The molecule has 1 N–H and O–H groups in total. The standard InChI is InChI=1S/C17H21N3O4/c1-12-5-3-4-6-13(12)24-11-14(21)20-9-7-17(8-10-20)15(22)19(2)16(23)18-17/h3-6H,7-11H2,1-2H3,(H,18,23). The number of likely N-dealkylation sites (N-methyl/N-ethyl adjacent to an activating group) is 1. The first-order chi connectivity index (χ1) is 11.4. The Bertz CT molecular complexity index is 680. The number of nitrogens with zero attached hydrogens (tertiary/aromatic N) is 2. The molecule has 2 fully saturated rings. The van der Waals surface area contributed by atoms with Gasteiger partial charge in [0.2, 0.25) is 0 Å². The number of benzene rings is 1. The number of carbonyl (C=O) groups excluding carboxylic acids is 3. The first kappa shape index (κ1) is 16.3. The minimum Gasteiger partial charge on any atom is -0.484 e. The summed E-state index contributed by atoms with van der Waals surface area (Å²) in [7, 11) is 1.47. The van der Waals surface area contributed by atoms with Crippen LogP contribution in [-0.4, -0.2) is 59.9 Å². The van der Waals surface area contributed by atoms with Gasteiger partial charge in [-0.3, -0.25) is 14.5 Å². The van der Waals surface area contributed by atoms with Crippen molar-refractivity contribution in [2.24, 2.45) is 0 Å². The average molecular weight is 331 g/mol. The van der Waals surface area contributed by atoms with Crippen molar-refractivity contribution in [3.05, 3.63) is 29.8 Å². The Kier molecular flexibility index (Phi) is 4.17. The van der Waals surface area contributed by atoms with Gasteiger partial charge in [-0.05, 0) is 31.4 Å². The smallest absolute Gasteiger partial charge is 0.324 e. The largest absolute Gasteiger partial charge is 0.484 e. The summed E-state index contributed by atoms with van der Waals surface area (Å²) in [5, 5.41) is 2.76. The van der Waals surface area contributed by atoms with E-state index in [1.54, 1.807) is 4.90 Å². The van der Waals surface area contributed by atoms with Crippen molar-refractivity contribution < 1.29 is 19.1 Å². The van der Waals surface area contributed by atoms with E-state index in [4.69, 9.17) is 4.74 Å². The molecule has 2 heterocycles. The van der Waals surface area contributed by atoms with Gasteiger partial charge in [0, 0.05) is 20.1 Å². The van der Waals surface area contributed by atoms with Crippen molar-refractivity contribution in [1.29, 1.82) is 0 Å². The molecule has 128 valence electrons. The molecule has 0 saturated carbocycles. The first-order valence-electron chi connectivity index (χ1n) is 7.99. The Morgan fingerprint density at radius 1 is 1.25 bits per heavy atom. The van der Waals surface area contributed by atoms with Crippen LogP contribution in [-0.2, 0) is 9.59 Å². The molecular formula is C17H21N3O4. The molecule has 1 spiro atoms. The van der Waals surface area contributed by atoms with E-state index < -0.39 is 5.54 Å². The zero-order valence-corrected chi connectivity index (χ0v) is 13.9. The summed E-state index contributed by atoms with van der Waals surface area (Å²) in [6, 6.07) is 7.16. The van der Waals surface area contributed by atoms with Gasteiger partial charge in [-0.15, -0.1) is 0 Å². The summed E-state index contributed by atoms with van der Waals surface area (Å²) >= 11 is 0. The van der Waals surface area contributed by atoms with Crippen LogP contribution in [0.15, 0.2) is 24.3 Å². The van der Waals surface area contributed by atoms with Crippen molar-refractivity contribution in [1.82, 2.24) is 15.1 Å². The fourth-order valence-electron chi connectivity index (χ4n) is 3.18. The number of nitrogens with one attached hydrogen (secondary N) is 1. The highest BCUT2D eigenvalue weighted by atomic mass is 16.5. The number of urea groups is 1. The molecule has 2 saturated heterocycles. The minimum absolute atomic E-state index is 0.0297. The molecule has 1 aromatic rings. The van der Waals surface area contributed by atoms with Crippen LogP contribution in [0, 0.1) is 6.92 Å². The Hall–Kier alpha value is -2.57. The molecule has 0 aliphatic carbocycles. The van der Waals surface area contributed by atoms with Crippen molar-refractivity contribution in [2.45, 2.75) is 25.3 Å². The highest BCUT2D eigenvalue weighted by Gasteiger charge is 2.51. The number of carbonyl (C=O) groups is 3. The third-order valence-electron chi connectivity index (χ3n) is 4.78. The van der Waals surface area contributed by atoms with Crippen LogP contribution in [0.5, 0.6) is 5.75 Å². The maximum Gasteiger partial charge on any atom is 0.324 e. The summed E-state index contributed by atoms with van der Waals surface area (Å²) in [6.45, 7) is 2.75. The fourth-order valence-corrected chi connectivity index (χ4v) is 3.18. The van der Waals surface area contributed by atoms with Crippen LogP contribution in [0.3, 0.4) is 0 Å². The van der Waals surface area contributed by atoms with E-state index in [0.29, 0.717) is 31.7 Å². The van der Waals surface area contributed by atoms with Crippen molar-refractivity contribution in [3.8, 4) is 5.75 Å². The molecule has 2 aliphatic rings. The molecule has 24 heavy (non-hydrogen) atoms. The van der Waals surface area contributed by atoms with E-state index >= 15 is 0 Å². The van der Waals surface area contributed by atoms with Crippen LogP contribution in [0.2, 0.25) is 0 Å². The lowest BCUT2D eigenvalue weighted by atomic mass is 9.87. The molecule has 1 aromatic carbocycles. The average Bonchev–Trinajstić information content (AvgIpc) is 2.79. The molecule has 4 amide bonds. The van der Waals surface area contributed by atoms with Crippen molar-refractivity contribution in [2.75, 3.05) is 26.7 Å². The first-order valence-corrected chi connectivity index (χ1v) is 7.99. The van der Waals surface area contributed by atoms with Gasteiger partial charge in [-0.1, -0.05) is 18.2 Å². The molecular weight excluding hydrogens is 310 g/mol. The van der Waals surface area contributed by atoms with Gasteiger partial charge in [0.1, 0.15) is 11.3 Å². The Balaban J connectivity index is 1.55. The quantitative estimate of drug-likeness (QED) is 0.835. The number of amides is 4. The predicted molar refractivity (Wildman–Crippen MR) is 86.5 cm³/mol. The number of aryl methyl sites for hydroxylation is 1. The molecule has 0 radical (unpaired) electrons. The minimum atomic E-state index is -0.848. The summed E-state index contributed by atoms with van der Waals surface area (Å²) in [5.74, 6) is 0.369. The number of para-hydroxylation sites is 1. The number of piperidine rings is 1. The van der Waals surface area contributed by atoms with Gasteiger partial charge >= 0.3 is 6.03 Å². The molecule has 3 rings (SSSR count). The Morgan fingerprint density at radius 3 is 2.50 bits per heavy atom. The van der Waals surface area contributed by atoms with Crippen LogP contribution < -0.4 is 10.1 Å². The lowest BCUT2D eigenvalue weighted by Crippen LogP contribution is -2.56. The molecule has 0 atom stereocenters. The van der Waals surface area contributed by atoms with E-state index in [1.807, 2.05) is 31.2 Å². The molecule has 7 heteroatoms. The SMILES string of the molecule is Cc1ccccc1OCC(=O)N1CCC2(CC1)NC(=O)N(C)C2=O. The number of likely N-dealkylation sites (tertiary alicyclic amines) is 1. The van der Waals surface area contributed by atoms with Crippen LogP contribution in [0.1, 0.15) is 18.4 Å². The molecule has 0 unspecified atom stereocenters.